The lowest BCUT2D eigenvalue weighted by molar-refractivity contribution is -0.116. The number of hydrogen-bond acceptors (Lipinski definition) is 4. The Hall–Kier alpha value is -1.44. The Bertz CT molecular complexity index is 569. The Morgan fingerprint density at radius 1 is 1.30 bits per heavy atom. The first kappa shape index (κ1) is 15.0. The number of sulfonamides is 1. The van der Waals surface area contributed by atoms with Gasteiger partial charge < -0.3 is 11.1 Å². The minimum Gasteiger partial charge on any atom is -0.326 e. The van der Waals surface area contributed by atoms with Crippen LogP contribution in [-0.2, 0) is 21.4 Å². The normalized spacial score (nSPS) is 18.1. The summed E-state index contributed by atoms with van der Waals surface area (Å²) in [5, 5.41) is 2.74. The molecule has 1 saturated heterocycles. The number of nitrogens with one attached hydrogen (secondary N) is 1. The van der Waals surface area contributed by atoms with E-state index < -0.39 is 10.0 Å². The van der Waals surface area contributed by atoms with E-state index in [1.54, 1.807) is 12.1 Å². The predicted molar refractivity (Wildman–Crippen MR) is 77.6 cm³/mol. The van der Waals surface area contributed by atoms with E-state index in [4.69, 9.17) is 5.73 Å². The van der Waals surface area contributed by atoms with Gasteiger partial charge in [-0.2, -0.15) is 0 Å². The number of carbonyl (C=O) groups is 1. The van der Waals surface area contributed by atoms with Crippen LogP contribution in [0.1, 0.15) is 18.4 Å². The highest BCUT2D eigenvalue weighted by Crippen LogP contribution is 2.14. The molecule has 20 heavy (non-hydrogen) atoms. The summed E-state index contributed by atoms with van der Waals surface area (Å²) in [6.45, 7) is 1.22. The van der Waals surface area contributed by atoms with Crippen molar-refractivity contribution < 1.29 is 13.2 Å². The summed E-state index contributed by atoms with van der Waals surface area (Å²) in [7, 11) is -3.13. The number of benzene rings is 1. The van der Waals surface area contributed by atoms with Gasteiger partial charge in [-0.25, -0.2) is 12.7 Å². The minimum absolute atomic E-state index is 0.165. The van der Waals surface area contributed by atoms with Gasteiger partial charge in [-0.3, -0.25) is 4.79 Å². The smallest absolute Gasteiger partial charge is 0.225 e. The fourth-order valence-corrected chi connectivity index (χ4v) is 3.65. The Morgan fingerprint density at radius 2 is 2.00 bits per heavy atom. The van der Waals surface area contributed by atoms with E-state index in [0.717, 1.165) is 5.56 Å². The number of nitrogens with zero attached hydrogens (tertiary/aromatic N) is 1. The van der Waals surface area contributed by atoms with Gasteiger partial charge >= 0.3 is 0 Å². The lowest BCUT2D eigenvalue weighted by atomic mass is 10.2. The molecular weight excluding hydrogens is 278 g/mol. The van der Waals surface area contributed by atoms with Crippen LogP contribution in [0.5, 0.6) is 0 Å². The lowest BCUT2D eigenvalue weighted by Crippen LogP contribution is -2.29. The van der Waals surface area contributed by atoms with Crippen molar-refractivity contribution in [2.45, 2.75) is 19.4 Å². The highest BCUT2D eigenvalue weighted by Gasteiger charge is 2.28. The average molecular weight is 297 g/mol. The molecule has 0 spiro atoms. The Morgan fingerprint density at radius 3 is 2.55 bits per heavy atom. The Balaban J connectivity index is 1.83. The molecule has 0 aliphatic carbocycles. The minimum atomic E-state index is -3.13. The first-order valence-corrected chi connectivity index (χ1v) is 8.19. The van der Waals surface area contributed by atoms with Gasteiger partial charge in [-0.15, -0.1) is 0 Å². The fourth-order valence-electron chi connectivity index (χ4n) is 2.12. The summed E-state index contributed by atoms with van der Waals surface area (Å²) in [6, 6.07) is 7.26. The Kier molecular flexibility index (Phi) is 4.74. The highest BCUT2D eigenvalue weighted by atomic mass is 32.2. The number of nitrogens with two attached hydrogens (primary N) is 1. The standard InChI is InChI=1S/C13H19N3O3S/c14-10-11-2-4-12(5-3-11)15-13(17)6-8-16-7-1-9-20(16,18)19/h2-5H,1,6-10,14H2,(H,15,17). The molecule has 110 valence electrons. The zero-order chi connectivity index (χ0) is 14.6. The van der Waals surface area contributed by atoms with E-state index in [-0.39, 0.29) is 24.6 Å². The average Bonchev–Trinajstić information content (AvgIpc) is 2.76. The van der Waals surface area contributed by atoms with Gasteiger partial charge in [0.2, 0.25) is 15.9 Å². The molecule has 6 nitrogen and oxygen atoms in total. The van der Waals surface area contributed by atoms with E-state index in [1.807, 2.05) is 12.1 Å². The van der Waals surface area contributed by atoms with E-state index in [2.05, 4.69) is 5.32 Å². The summed E-state index contributed by atoms with van der Waals surface area (Å²) in [5.74, 6) is 0.00224. The molecule has 1 aromatic carbocycles. The van der Waals surface area contributed by atoms with Crippen LogP contribution in [0.25, 0.3) is 0 Å². The third kappa shape index (κ3) is 3.78. The lowest BCUT2D eigenvalue weighted by Gasteiger charge is -2.13. The van der Waals surface area contributed by atoms with Crippen molar-refractivity contribution in [3.8, 4) is 0 Å². The molecule has 3 N–H and O–H groups in total. The summed E-state index contributed by atoms with van der Waals surface area (Å²) < 4.78 is 24.6. The van der Waals surface area contributed by atoms with Gasteiger partial charge in [0.05, 0.1) is 5.75 Å². The van der Waals surface area contributed by atoms with Crippen LogP contribution in [0.3, 0.4) is 0 Å². The fraction of sp³-hybridized carbons (Fsp3) is 0.462. The number of anilines is 1. The maximum absolute atomic E-state index is 11.8. The van der Waals surface area contributed by atoms with Crippen LogP contribution in [0.2, 0.25) is 0 Å². The molecule has 0 bridgehead atoms. The van der Waals surface area contributed by atoms with Crippen LogP contribution in [0, 0.1) is 0 Å². The van der Waals surface area contributed by atoms with Crippen LogP contribution in [0.15, 0.2) is 24.3 Å². The molecular formula is C13H19N3O3S. The zero-order valence-corrected chi connectivity index (χ0v) is 12.0. The SMILES string of the molecule is NCc1ccc(NC(=O)CCN2CCCS2(=O)=O)cc1. The molecule has 1 amide bonds. The number of rotatable bonds is 5. The van der Waals surface area contributed by atoms with Crippen molar-refractivity contribution in [2.75, 3.05) is 24.2 Å². The van der Waals surface area contributed by atoms with E-state index in [9.17, 15) is 13.2 Å². The molecule has 1 fully saturated rings. The number of hydrogen-bond donors (Lipinski definition) is 2. The molecule has 0 unspecified atom stereocenters. The van der Waals surface area contributed by atoms with Gasteiger partial charge in [0.25, 0.3) is 0 Å². The second-order valence-corrected chi connectivity index (χ2v) is 6.86. The third-order valence-electron chi connectivity index (χ3n) is 3.26. The van der Waals surface area contributed by atoms with Gasteiger partial charge in [-0.1, -0.05) is 12.1 Å². The topological polar surface area (TPSA) is 92.5 Å². The van der Waals surface area contributed by atoms with Crippen molar-refractivity contribution in [1.29, 1.82) is 0 Å². The first-order valence-electron chi connectivity index (χ1n) is 6.58. The van der Waals surface area contributed by atoms with Crippen molar-refractivity contribution >= 4 is 21.6 Å². The van der Waals surface area contributed by atoms with Gasteiger partial charge in [0.15, 0.2) is 0 Å². The molecule has 1 aliphatic rings. The monoisotopic (exact) mass is 297 g/mol. The number of carbonyl (C=O) groups excluding carboxylic acids is 1. The molecule has 0 saturated carbocycles. The van der Waals surface area contributed by atoms with Crippen LogP contribution in [-0.4, -0.2) is 37.5 Å². The first-order chi connectivity index (χ1) is 9.51. The zero-order valence-electron chi connectivity index (χ0n) is 11.2. The van der Waals surface area contributed by atoms with Crippen molar-refractivity contribution in [1.82, 2.24) is 4.31 Å². The van der Waals surface area contributed by atoms with Gasteiger partial charge in [-0.05, 0) is 24.1 Å². The summed E-state index contributed by atoms with van der Waals surface area (Å²) in [5.41, 5.74) is 7.18. The van der Waals surface area contributed by atoms with Crippen LogP contribution in [0.4, 0.5) is 5.69 Å². The molecule has 7 heteroatoms. The number of amides is 1. The van der Waals surface area contributed by atoms with Crippen LogP contribution >= 0.6 is 0 Å². The molecule has 1 aliphatic heterocycles. The van der Waals surface area contributed by atoms with E-state index in [1.165, 1.54) is 4.31 Å². The van der Waals surface area contributed by atoms with Gasteiger partial charge in [0.1, 0.15) is 0 Å². The maximum Gasteiger partial charge on any atom is 0.225 e. The summed E-state index contributed by atoms with van der Waals surface area (Å²) in [6.07, 6.45) is 0.808. The summed E-state index contributed by atoms with van der Waals surface area (Å²) in [4.78, 5) is 11.8. The molecule has 2 rings (SSSR count). The largest absolute Gasteiger partial charge is 0.326 e. The second-order valence-electron chi connectivity index (χ2n) is 4.77. The van der Waals surface area contributed by atoms with Crippen molar-refractivity contribution in [2.24, 2.45) is 5.73 Å². The second kappa shape index (κ2) is 6.34. The third-order valence-corrected chi connectivity index (χ3v) is 5.22. The maximum atomic E-state index is 11.8. The van der Waals surface area contributed by atoms with Gasteiger partial charge in [0, 0.05) is 31.7 Å². The molecule has 1 heterocycles. The molecule has 1 aromatic rings. The molecule has 0 aromatic heterocycles. The highest BCUT2D eigenvalue weighted by molar-refractivity contribution is 7.89. The quantitative estimate of drug-likeness (QED) is 0.828. The predicted octanol–water partition coefficient (Wildman–Crippen LogP) is 0.509. The van der Waals surface area contributed by atoms with E-state index >= 15 is 0 Å². The van der Waals surface area contributed by atoms with Crippen LogP contribution < -0.4 is 11.1 Å². The van der Waals surface area contributed by atoms with Crippen molar-refractivity contribution in [3.63, 3.8) is 0 Å². The molecule has 0 atom stereocenters. The van der Waals surface area contributed by atoms with E-state index in [0.29, 0.717) is 25.2 Å². The Labute approximate surface area is 119 Å². The molecule has 0 radical (unpaired) electrons. The van der Waals surface area contributed by atoms with Crippen molar-refractivity contribution in [3.05, 3.63) is 29.8 Å². The summed E-state index contributed by atoms with van der Waals surface area (Å²) >= 11 is 0.